The summed E-state index contributed by atoms with van der Waals surface area (Å²) in [7, 11) is 0. The SMILES string of the molecule is CCNC(=NCc1nccn1Cc1ccccc1)NC(C)c1ccc(CC)cc1. The maximum absolute atomic E-state index is 4.77. The van der Waals surface area contributed by atoms with E-state index >= 15 is 0 Å². The van der Waals surface area contributed by atoms with Gasteiger partial charge in [0.2, 0.25) is 0 Å². The number of guanidine groups is 1. The number of hydrogen-bond donors (Lipinski definition) is 2. The first-order valence-electron chi connectivity index (χ1n) is 10.4. The summed E-state index contributed by atoms with van der Waals surface area (Å²) < 4.78 is 2.15. The number of nitrogens with zero attached hydrogens (tertiary/aromatic N) is 3. The van der Waals surface area contributed by atoms with Crippen LogP contribution < -0.4 is 10.6 Å². The van der Waals surface area contributed by atoms with Gasteiger partial charge in [-0.2, -0.15) is 0 Å². The number of hydrogen-bond acceptors (Lipinski definition) is 2. The Balaban J connectivity index is 1.67. The zero-order valence-electron chi connectivity index (χ0n) is 17.6. The second kappa shape index (κ2) is 10.5. The van der Waals surface area contributed by atoms with Gasteiger partial charge in [0, 0.05) is 25.5 Å². The fourth-order valence-electron chi connectivity index (χ4n) is 3.22. The molecule has 0 bridgehead atoms. The first-order valence-corrected chi connectivity index (χ1v) is 10.4. The predicted molar refractivity (Wildman–Crippen MR) is 120 cm³/mol. The van der Waals surface area contributed by atoms with E-state index in [-0.39, 0.29) is 6.04 Å². The number of aromatic nitrogens is 2. The second-order valence-electron chi connectivity index (χ2n) is 7.11. The summed E-state index contributed by atoms with van der Waals surface area (Å²) in [6.07, 6.45) is 4.91. The summed E-state index contributed by atoms with van der Waals surface area (Å²) in [6, 6.07) is 19.3. The number of aryl methyl sites for hydroxylation is 1. The van der Waals surface area contributed by atoms with Gasteiger partial charge in [-0.25, -0.2) is 9.98 Å². The third kappa shape index (κ3) is 5.95. The van der Waals surface area contributed by atoms with E-state index in [1.807, 2.05) is 18.5 Å². The highest BCUT2D eigenvalue weighted by Crippen LogP contribution is 2.14. The average Bonchev–Trinajstić information content (AvgIpc) is 3.19. The summed E-state index contributed by atoms with van der Waals surface area (Å²) in [4.78, 5) is 9.27. The quantitative estimate of drug-likeness (QED) is 0.446. The van der Waals surface area contributed by atoms with Gasteiger partial charge in [0.05, 0.1) is 6.04 Å². The van der Waals surface area contributed by atoms with Crippen LogP contribution in [0.25, 0.3) is 0 Å². The van der Waals surface area contributed by atoms with Crippen molar-refractivity contribution in [3.63, 3.8) is 0 Å². The third-order valence-electron chi connectivity index (χ3n) is 4.96. The summed E-state index contributed by atoms with van der Waals surface area (Å²) in [5.74, 6) is 1.75. The zero-order chi connectivity index (χ0) is 20.5. The standard InChI is InChI=1S/C24H31N5/c1-4-20-11-13-22(14-12-20)19(3)28-24(25-5-2)27-17-23-26-15-16-29(23)18-21-9-7-6-8-10-21/h6-16,19H,4-5,17-18H2,1-3H3,(H2,25,27,28). The van der Waals surface area contributed by atoms with Crippen LogP contribution in [0.4, 0.5) is 0 Å². The minimum absolute atomic E-state index is 0.169. The van der Waals surface area contributed by atoms with Crippen LogP contribution in [0, 0.1) is 0 Å². The lowest BCUT2D eigenvalue weighted by Crippen LogP contribution is -2.38. The highest BCUT2D eigenvalue weighted by Gasteiger charge is 2.09. The Hall–Kier alpha value is -3.08. The predicted octanol–water partition coefficient (Wildman–Crippen LogP) is 4.31. The van der Waals surface area contributed by atoms with Crippen LogP contribution in [0.5, 0.6) is 0 Å². The van der Waals surface area contributed by atoms with Gasteiger partial charge < -0.3 is 15.2 Å². The Labute approximate surface area is 173 Å². The van der Waals surface area contributed by atoms with Crippen molar-refractivity contribution in [2.45, 2.75) is 46.3 Å². The molecule has 5 heteroatoms. The number of imidazole rings is 1. The van der Waals surface area contributed by atoms with Crippen LogP contribution in [0.3, 0.4) is 0 Å². The van der Waals surface area contributed by atoms with Gasteiger partial charge in [0.1, 0.15) is 12.4 Å². The van der Waals surface area contributed by atoms with Crippen molar-refractivity contribution >= 4 is 5.96 Å². The molecule has 0 amide bonds. The fourth-order valence-corrected chi connectivity index (χ4v) is 3.22. The van der Waals surface area contributed by atoms with Gasteiger partial charge in [-0.15, -0.1) is 0 Å². The van der Waals surface area contributed by atoms with Gasteiger partial charge >= 0.3 is 0 Å². The van der Waals surface area contributed by atoms with Gasteiger partial charge in [-0.1, -0.05) is 61.5 Å². The van der Waals surface area contributed by atoms with E-state index in [9.17, 15) is 0 Å². The molecule has 3 aromatic rings. The molecule has 0 saturated carbocycles. The van der Waals surface area contributed by atoms with Gasteiger partial charge in [-0.3, -0.25) is 0 Å². The molecule has 1 heterocycles. The van der Waals surface area contributed by atoms with Crippen molar-refractivity contribution < 1.29 is 0 Å². The molecule has 1 aromatic heterocycles. The van der Waals surface area contributed by atoms with Gasteiger partial charge in [0.25, 0.3) is 0 Å². The fraction of sp³-hybridized carbons (Fsp3) is 0.333. The Morgan fingerprint density at radius 2 is 1.79 bits per heavy atom. The van der Waals surface area contributed by atoms with Crippen molar-refractivity contribution in [3.8, 4) is 0 Å². The van der Waals surface area contributed by atoms with Crippen LogP contribution >= 0.6 is 0 Å². The second-order valence-corrected chi connectivity index (χ2v) is 7.11. The number of benzene rings is 2. The Kier molecular flexibility index (Phi) is 7.45. The molecule has 0 aliphatic heterocycles. The Morgan fingerprint density at radius 3 is 2.48 bits per heavy atom. The van der Waals surface area contributed by atoms with E-state index in [2.05, 4.69) is 89.5 Å². The molecule has 0 spiro atoms. The summed E-state index contributed by atoms with van der Waals surface area (Å²) in [5.41, 5.74) is 3.86. The molecule has 0 aliphatic carbocycles. The maximum atomic E-state index is 4.77. The van der Waals surface area contributed by atoms with Crippen LogP contribution in [0.15, 0.2) is 72.0 Å². The number of aliphatic imine (C=N–C) groups is 1. The molecule has 2 aromatic carbocycles. The lowest BCUT2D eigenvalue weighted by atomic mass is 10.1. The van der Waals surface area contributed by atoms with Crippen LogP contribution in [0.1, 0.15) is 49.3 Å². The lowest BCUT2D eigenvalue weighted by Gasteiger charge is -2.18. The zero-order valence-corrected chi connectivity index (χ0v) is 17.6. The van der Waals surface area contributed by atoms with Gasteiger partial charge in [0.15, 0.2) is 5.96 Å². The highest BCUT2D eigenvalue weighted by molar-refractivity contribution is 5.80. The van der Waals surface area contributed by atoms with Crippen LogP contribution in [-0.4, -0.2) is 22.1 Å². The van der Waals surface area contributed by atoms with Crippen molar-refractivity contribution in [2.24, 2.45) is 4.99 Å². The minimum Gasteiger partial charge on any atom is -0.357 e. The normalized spacial score (nSPS) is 12.6. The van der Waals surface area contributed by atoms with Crippen molar-refractivity contribution in [2.75, 3.05) is 6.54 Å². The van der Waals surface area contributed by atoms with E-state index in [0.717, 1.165) is 31.3 Å². The van der Waals surface area contributed by atoms with E-state index in [1.54, 1.807) is 0 Å². The molecule has 1 atom stereocenters. The molecule has 0 saturated heterocycles. The van der Waals surface area contributed by atoms with Crippen molar-refractivity contribution in [1.82, 2.24) is 20.2 Å². The Morgan fingerprint density at radius 1 is 1.03 bits per heavy atom. The lowest BCUT2D eigenvalue weighted by molar-refractivity contribution is 0.677. The monoisotopic (exact) mass is 389 g/mol. The molecule has 0 aliphatic rings. The molecule has 0 fully saturated rings. The molecular weight excluding hydrogens is 358 g/mol. The van der Waals surface area contributed by atoms with E-state index in [1.165, 1.54) is 16.7 Å². The first-order chi connectivity index (χ1) is 14.2. The molecule has 0 radical (unpaired) electrons. The minimum atomic E-state index is 0.169. The van der Waals surface area contributed by atoms with Crippen molar-refractivity contribution in [1.29, 1.82) is 0 Å². The number of rotatable bonds is 8. The average molecular weight is 390 g/mol. The summed E-state index contributed by atoms with van der Waals surface area (Å²) >= 11 is 0. The van der Waals surface area contributed by atoms with Crippen LogP contribution in [0.2, 0.25) is 0 Å². The smallest absolute Gasteiger partial charge is 0.192 e. The molecule has 152 valence electrons. The van der Waals surface area contributed by atoms with Crippen molar-refractivity contribution in [3.05, 3.63) is 89.5 Å². The van der Waals surface area contributed by atoms with E-state index in [0.29, 0.717) is 6.54 Å². The van der Waals surface area contributed by atoms with E-state index < -0.39 is 0 Å². The summed E-state index contributed by atoms with van der Waals surface area (Å²) in [5, 5.41) is 6.84. The molecule has 5 nitrogen and oxygen atoms in total. The topological polar surface area (TPSA) is 54.2 Å². The Bertz CT molecular complexity index is 897. The first kappa shape index (κ1) is 20.6. The molecule has 3 rings (SSSR count). The van der Waals surface area contributed by atoms with Gasteiger partial charge in [-0.05, 0) is 37.0 Å². The third-order valence-corrected chi connectivity index (χ3v) is 4.96. The molecule has 29 heavy (non-hydrogen) atoms. The largest absolute Gasteiger partial charge is 0.357 e. The van der Waals surface area contributed by atoms with Crippen LogP contribution in [-0.2, 0) is 19.5 Å². The van der Waals surface area contributed by atoms with E-state index in [4.69, 9.17) is 4.99 Å². The summed E-state index contributed by atoms with van der Waals surface area (Å²) in [6.45, 7) is 8.55. The molecule has 1 unspecified atom stereocenters. The maximum Gasteiger partial charge on any atom is 0.192 e. The highest BCUT2D eigenvalue weighted by atomic mass is 15.2. The molecular formula is C24H31N5. The number of nitrogens with one attached hydrogen (secondary N) is 2. The molecule has 2 N–H and O–H groups in total.